The van der Waals surface area contributed by atoms with Crippen LogP contribution in [0.3, 0.4) is 0 Å². The highest BCUT2D eigenvalue weighted by Gasteiger charge is 2.09. The first-order chi connectivity index (χ1) is 14.2. The van der Waals surface area contributed by atoms with Gasteiger partial charge >= 0.3 is 0 Å². The Balaban J connectivity index is 0.00000320. The van der Waals surface area contributed by atoms with Gasteiger partial charge in [-0.1, -0.05) is 36.8 Å². The van der Waals surface area contributed by atoms with Crippen LogP contribution in [0.1, 0.15) is 37.3 Å². The second-order valence-corrected chi connectivity index (χ2v) is 7.51. The number of pyridine rings is 1. The van der Waals surface area contributed by atoms with E-state index in [0.29, 0.717) is 13.1 Å². The summed E-state index contributed by atoms with van der Waals surface area (Å²) in [6.45, 7) is 8.57. The highest BCUT2D eigenvalue weighted by Crippen LogP contribution is 2.08. The number of aromatic nitrogens is 1. The molecule has 2 N–H and O–H groups in total. The van der Waals surface area contributed by atoms with Crippen LogP contribution in [0.15, 0.2) is 58.4 Å². The molecule has 1 aliphatic heterocycles. The second-order valence-electron chi connectivity index (χ2n) is 7.51. The first-order valence-electron chi connectivity index (χ1n) is 10.7. The summed E-state index contributed by atoms with van der Waals surface area (Å²) in [5.74, 6) is 0.865. The van der Waals surface area contributed by atoms with Crippen molar-refractivity contribution in [3.05, 3.63) is 70.1 Å². The molecule has 6 nitrogen and oxygen atoms in total. The molecule has 0 amide bonds. The highest BCUT2D eigenvalue weighted by molar-refractivity contribution is 14.0. The Morgan fingerprint density at radius 2 is 1.73 bits per heavy atom. The topological polar surface area (TPSA) is 61.7 Å². The Bertz CT molecular complexity index is 828. The van der Waals surface area contributed by atoms with Crippen molar-refractivity contribution in [2.45, 2.75) is 39.3 Å². The Labute approximate surface area is 196 Å². The largest absolute Gasteiger partial charge is 0.357 e. The van der Waals surface area contributed by atoms with Crippen LogP contribution in [-0.4, -0.2) is 48.2 Å². The second kappa shape index (κ2) is 13.4. The number of nitrogens with one attached hydrogen (secondary N) is 2. The fraction of sp³-hybridized carbons (Fsp3) is 0.478. The summed E-state index contributed by atoms with van der Waals surface area (Å²) in [6.07, 6.45) is 5.83. The molecule has 2 aromatic rings. The summed E-state index contributed by atoms with van der Waals surface area (Å²) in [4.78, 5) is 19.1. The number of guanidine groups is 1. The predicted octanol–water partition coefficient (Wildman–Crippen LogP) is 3.06. The monoisotopic (exact) mass is 523 g/mol. The minimum absolute atomic E-state index is 0. The van der Waals surface area contributed by atoms with Gasteiger partial charge in [-0.3, -0.25) is 4.79 Å². The van der Waals surface area contributed by atoms with Crippen LogP contribution in [0.2, 0.25) is 0 Å². The van der Waals surface area contributed by atoms with Gasteiger partial charge in [0.1, 0.15) is 0 Å². The van der Waals surface area contributed by atoms with Crippen LogP contribution < -0.4 is 16.2 Å². The number of nitrogens with zero attached hydrogens (tertiary/aromatic N) is 3. The predicted molar refractivity (Wildman–Crippen MR) is 135 cm³/mol. The van der Waals surface area contributed by atoms with Gasteiger partial charge in [0.25, 0.3) is 5.56 Å². The fourth-order valence-electron chi connectivity index (χ4n) is 3.57. The zero-order valence-electron chi connectivity index (χ0n) is 17.8. The zero-order valence-corrected chi connectivity index (χ0v) is 20.2. The lowest BCUT2D eigenvalue weighted by atomic mass is 10.1. The van der Waals surface area contributed by atoms with Crippen molar-refractivity contribution in [2.75, 3.05) is 32.7 Å². The van der Waals surface area contributed by atoms with E-state index in [4.69, 9.17) is 4.99 Å². The number of rotatable bonds is 8. The molecule has 1 aromatic heterocycles. The van der Waals surface area contributed by atoms with Crippen LogP contribution >= 0.6 is 24.0 Å². The number of hydrogen-bond donors (Lipinski definition) is 2. The van der Waals surface area contributed by atoms with Gasteiger partial charge in [0.15, 0.2) is 5.96 Å². The van der Waals surface area contributed by atoms with Crippen molar-refractivity contribution in [1.29, 1.82) is 0 Å². The molecule has 1 saturated heterocycles. The van der Waals surface area contributed by atoms with Crippen LogP contribution in [0, 0.1) is 0 Å². The SMILES string of the molecule is CCNC(=NCc1ccc(Cn2ccccc2=O)cc1)NCCN1CCCCC1.I. The number of halogens is 1. The van der Waals surface area contributed by atoms with Gasteiger partial charge in [-0.05, 0) is 50.0 Å². The van der Waals surface area contributed by atoms with Gasteiger partial charge < -0.3 is 20.1 Å². The summed E-state index contributed by atoms with van der Waals surface area (Å²) in [5, 5.41) is 6.77. The summed E-state index contributed by atoms with van der Waals surface area (Å²) in [6, 6.07) is 13.5. The minimum Gasteiger partial charge on any atom is -0.357 e. The molecule has 7 heteroatoms. The normalized spacial score (nSPS) is 14.8. The summed E-state index contributed by atoms with van der Waals surface area (Å²) >= 11 is 0. The molecule has 1 aromatic carbocycles. The number of hydrogen-bond acceptors (Lipinski definition) is 3. The zero-order chi connectivity index (χ0) is 20.3. The molecule has 1 aliphatic rings. The van der Waals surface area contributed by atoms with E-state index in [9.17, 15) is 4.79 Å². The molecule has 2 heterocycles. The highest BCUT2D eigenvalue weighted by atomic mass is 127. The number of benzene rings is 1. The molecule has 30 heavy (non-hydrogen) atoms. The van der Waals surface area contributed by atoms with E-state index in [2.05, 4.69) is 46.7 Å². The van der Waals surface area contributed by atoms with Gasteiger partial charge in [0.2, 0.25) is 0 Å². The van der Waals surface area contributed by atoms with E-state index in [1.54, 1.807) is 16.7 Å². The lowest BCUT2D eigenvalue weighted by Gasteiger charge is -2.26. The van der Waals surface area contributed by atoms with Crippen LogP contribution in [0.4, 0.5) is 0 Å². The average molecular weight is 523 g/mol. The molecule has 3 rings (SSSR count). The van der Waals surface area contributed by atoms with Crippen LogP contribution in [-0.2, 0) is 13.1 Å². The van der Waals surface area contributed by atoms with E-state index in [-0.39, 0.29) is 29.5 Å². The van der Waals surface area contributed by atoms with Crippen molar-refractivity contribution in [3.63, 3.8) is 0 Å². The summed E-state index contributed by atoms with van der Waals surface area (Å²) < 4.78 is 1.71. The third kappa shape index (κ3) is 8.10. The van der Waals surface area contributed by atoms with E-state index in [1.165, 1.54) is 32.4 Å². The lowest BCUT2D eigenvalue weighted by Crippen LogP contribution is -2.42. The number of aliphatic imine (C=N–C) groups is 1. The van der Waals surface area contributed by atoms with Gasteiger partial charge in [-0.25, -0.2) is 4.99 Å². The first-order valence-corrected chi connectivity index (χ1v) is 10.7. The molecule has 0 atom stereocenters. The maximum absolute atomic E-state index is 11.8. The smallest absolute Gasteiger partial charge is 0.250 e. The van der Waals surface area contributed by atoms with E-state index in [0.717, 1.165) is 36.7 Å². The average Bonchev–Trinajstić information content (AvgIpc) is 2.75. The number of piperidine rings is 1. The van der Waals surface area contributed by atoms with E-state index in [1.807, 2.05) is 12.3 Å². The standard InChI is InChI=1S/C23H33N5O.HI/c1-2-24-23(25-13-17-27-14-5-3-6-15-27)26-18-20-9-11-21(12-10-20)19-28-16-7-4-8-22(28)29;/h4,7-12,16H,2-3,5-6,13-15,17-19H2,1H3,(H2,24,25,26);1H. The van der Waals surface area contributed by atoms with Crippen molar-refractivity contribution in [3.8, 4) is 0 Å². The van der Waals surface area contributed by atoms with Crippen molar-refractivity contribution < 1.29 is 0 Å². The van der Waals surface area contributed by atoms with Gasteiger partial charge in [-0.2, -0.15) is 0 Å². The summed E-state index contributed by atoms with van der Waals surface area (Å²) in [5.41, 5.74) is 2.28. The van der Waals surface area contributed by atoms with Crippen molar-refractivity contribution >= 4 is 29.9 Å². The fourth-order valence-corrected chi connectivity index (χ4v) is 3.57. The Morgan fingerprint density at radius 1 is 1.00 bits per heavy atom. The molecular weight excluding hydrogens is 489 g/mol. The molecule has 1 fully saturated rings. The third-order valence-electron chi connectivity index (χ3n) is 5.21. The lowest BCUT2D eigenvalue weighted by molar-refractivity contribution is 0.232. The van der Waals surface area contributed by atoms with Crippen molar-refractivity contribution in [2.24, 2.45) is 4.99 Å². The van der Waals surface area contributed by atoms with Crippen LogP contribution in [0.5, 0.6) is 0 Å². The van der Waals surface area contributed by atoms with E-state index < -0.39 is 0 Å². The maximum atomic E-state index is 11.8. The van der Waals surface area contributed by atoms with E-state index >= 15 is 0 Å². The Kier molecular flexibility index (Phi) is 10.9. The molecule has 0 spiro atoms. The van der Waals surface area contributed by atoms with Crippen LogP contribution in [0.25, 0.3) is 0 Å². The molecular formula is C23H34IN5O. The quantitative estimate of drug-likeness (QED) is 0.317. The molecule has 0 radical (unpaired) electrons. The van der Waals surface area contributed by atoms with Crippen molar-refractivity contribution in [1.82, 2.24) is 20.1 Å². The maximum Gasteiger partial charge on any atom is 0.250 e. The number of likely N-dealkylation sites (tertiary alicyclic amines) is 1. The Hall–Kier alpha value is -1.87. The molecule has 0 saturated carbocycles. The molecule has 0 aliphatic carbocycles. The van der Waals surface area contributed by atoms with Gasteiger partial charge in [-0.15, -0.1) is 24.0 Å². The summed E-state index contributed by atoms with van der Waals surface area (Å²) in [7, 11) is 0. The molecule has 0 bridgehead atoms. The first kappa shape index (κ1) is 24.4. The molecule has 164 valence electrons. The Morgan fingerprint density at radius 3 is 2.43 bits per heavy atom. The minimum atomic E-state index is 0. The van der Waals surface area contributed by atoms with Gasteiger partial charge in [0, 0.05) is 31.9 Å². The van der Waals surface area contributed by atoms with Gasteiger partial charge in [0.05, 0.1) is 13.1 Å². The third-order valence-corrected chi connectivity index (χ3v) is 5.21. The molecule has 0 unspecified atom stereocenters.